The monoisotopic (exact) mass is 352 g/mol. The first kappa shape index (κ1) is 20.0. The molecule has 25 heavy (non-hydrogen) atoms. The number of urea groups is 1. The number of hydrogen-bond acceptors (Lipinski definition) is 3. The zero-order chi connectivity index (χ0) is 17.9. The predicted octanol–water partition coefficient (Wildman–Crippen LogP) is 2.52. The Morgan fingerprint density at radius 1 is 0.960 bits per heavy atom. The first-order valence-corrected chi connectivity index (χ1v) is 10.2. The van der Waals surface area contributed by atoms with E-state index in [4.69, 9.17) is 5.73 Å². The van der Waals surface area contributed by atoms with E-state index in [2.05, 4.69) is 10.6 Å². The van der Waals surface area contributed by atoms with E-state index >= 15 is 0 Å². The number of unbranched alkanes of at least 4 members (excludes halogenated alkanes) is 2. The molecule has 144 valence electrons. The fourth-order valence-corrected chi connectivity index (χ4v) is 3.98. The number of nitrogens with zero attached hydrogens (tertiary/aromatic N) is 1. The molecule has 6 nitrogen and oxygen atoms in total. The Morgan fingerprint density at radius 3 is 2.48 bits per heavy atom. The minimum atomic E-state index is -0.0397. The van der Waals surface area contributed by atoms with Gasteiger partial charge in [0, 0.05) is 38.1 Å². The van der Waals surface area contributed by atoms with E-state index in [-0.39, 0.29) is 18.0 Å². The normalized spacial score (nSPS) is 21.8. The highest BCUT2D eigenvalue weighted by molar-refractivity contribution is 5.76. The molecule has 6 heteroatoms. The van der Waals surface area contributed by atoms with Crippen LogP contribution >= 0.6 is 0 Å². The molecular formula is C19H36N4O2. The van der Waals surface area contributed by atoms with Gasteiger partial charge in [0.25, 0.3) is 0 Å². The summed E-state index contributed by atoms with van der Waals surface area (Å²) in [7, 11) is 0. The van der Waals surface area contributed by atoms with Crippen LogP contribution in [0.25, 0.3) is 0 Å². The van der Waals surface area contributed by atoms with Crippen LogP contribution in [0.15, 0.2) is 0 Å². The molecule has 1 atom stereocenters. The third kappa shape index (κ3) is 7.22. The molecule has 0 aromatic heterocycles. The molecular weight excluding hydrogens is 316 g/mol. The number of likely N-dealkylation sites (tertiary alicyclic amines) is 1. The van der Waals surface area contributed by atoms with Crippen LogP contribution < -0.4 is 16.4 Å². The molecule has 3 amide bonds. The number of nitrogens with one attached hydrogen (secondary N) is 2. The fraction of sp³-hybridized carbons (Fsp3) is 0.895. The van der Waals surface area contributed by atoms with E-state index < -0.39 is 0 Å². The topological polar surface area (TPSA) is 87.5 Å². The quantitative estimate of drug-likeness (QED) is 0.587. The molecule has 1 saturated carbocycles. The van der Waals surface area contributed by atoms with E-state index in [9.17, 15) is 9.59 Å². The average Bonchev–Trinajstić information content (AvgIpc) is 2.65. The Bertz CT molecular complexity index is 410. The van der Waals surface area contributed by atoms with E-state index in [1.54, 1.807) is 0 Å². The summed E-state index contributed by atoms with van der Waals surface area (Å²) in [5.74, 6) is 0.248. The van der Waals surface area contributed by atoms with Gasteiger partial charge < -0.3 is 21.3 Å². The summed E-state index contributed by atoms with van der Waals surface area (Å²) in [5, 5.41) is 6.00. The van der Waals surface area contributed by atoms with Crippen LogP contribution in [-0.4, -0.2) is 48.6 Å². The lowest BCUT2D eigenvalue weighted by Crippen LogP contribution is -2.47. The fourth-order valence-electron chi connectivity index (χ4n) is 3.98. The third-order valence-corrected chi connectivity index (χ3v) is 5.51. The Hall–Kier alpha value is -1.30. The van der Waals surface area contributed by atoms with Crippen LogP contribution in [0.4, 0.5) is 4.79 Å². The minimum Gasteiger partial charge on any atom is -0.338 e. The molecule has 1 saturated heterocycles. The summed E-state index contributed by atoms with van der Waals surface area (Å²) in [6.07, 6.45) is 12.7. The standard InChI is InChI=1S/C19H36N4O2/c20-15-17-11-6-8-14-23(17)18(24)12-5-2-7-13-21-19(25)22-16-9-3-1-4-10-16/h16-17H,1-15,20H2,(H2,21,22,25). The van der Waals surface area contributed by atoms with E-state index in [0.717, 1.165) is 51.5 Å². The molecule has 1 aliphatic heterocycles. The predicted molar refractivity (Wildman–Crippen MR) is 100 cm³/mol. The maximum atomic E-state index is 12.3. The van der Waals surface area contributed by atoms with Crippen LogP contribution in [0.3, 0.4) is 0 Å². The Labute approximate surface area is 152 Å². The molecule has 0 aromatic carbocycles. The van der Waals surface area contributed by atoms with Gasteiger partial charge in [0.15, 0.2) is 0 Å². The molecule has 2 fully saturated rings. The SMILES string of the molecule is NCC1CCCCN1C(=O)CCCCCNC(=O)NC1CCCCC1. The van der Waals surface area contributed by atoms with Gasteiger partial charge in [0.1, 0.15) is 0 Å². The van der Waals surface area contributed by atoms with Crippen LogP contribution in [0.5, 0.6) is 0 Å². The highest BCUT2D eigenvalue weighted by Gasteiger charge is 2.24. The average molecular weight is 353 g/mol. The number of nitrogens with two attached hydrogens (primary N) is 1. The molecule has 0 bridgehead atoms. The first-order chi connectivity index (χ1) is 12.2. The highest BCUT2D eigenvalue weighted by Crippen LogP contribution is 2.18. The van der Waals surface area contributed by atoms with Crippen molar-refractivity contribution in [3.63, 3.8) is 0 Å². The number of amides is 3. The van der Waals surface area contributed by atoms with E-state index in [1.807, 2.05) is 4.90 Å². The van der Waals surface area contributed by atoms with Crippen molar-refractivity contribution in [3.05, 3.63) is 0 Å². The van der Waals surface area contributed by atoms with Crippen molar-refractivity contribution in [1.29, 1.82) is 0 Å². The van der Waals surface area contributed by atoms with E-state index in [1.165, 1.54) is 25.7 Å². The van der Waals surface area contributed by atoms with Crippen molar-refractivity contribution < 1.29 is 9.59 Å². The van der Waals surface area contributed by atoms with Gasteiger partial charge in [-0.3, -0.25) is 4.79 Å². The number of piperidine rings is 1. The van der Waals surface area contributed by atoms with E-state index in [0.29, 0.717) is 25.6 Å². The zero-order valence-corrected chi connectivity index (χ0v) is 15.6. The second kappa shape index (κ2) is 11.3. The summed E-state index contributed by atoms with van der Waals surface area (Å²) in [6, 6.07) is 0.555. The Kier molecular flexibility index (Phi) is 9.08. The lowest BCUT2D eigenvalue weighted by molar-refractivity contribution is -0.134. The lowest BCUT2D eigenvalue weighted by Gasteiger charge is -2.35. The summed E-state index contributed by atoms with van der Waals surface area (Å²) in [6.45, 7) is 2.12. The smallest absolute Gasteiger partial charge is 0.315 e. The van der Waals surface area contributed by atoms with Crippen molar-refractivity contribution in [2.45, 2.75) is 89.1 Å². The largest absolute Gasteiger partial charge is 0.338 e. The van der Waals surface area contributed by atoms with Gasteiger partial charge in [0.05, 0.1) is 0 Å². The first-order valence-electron chi connectivity index (χ1n) is 10.2. The van der Waals surface area contributed by atoms with Crippen molar-refractivity contribution >= 4 is 11.9 Å². The highest BCUT2D eigenvalue weighted by atomic mass is 16.2. The summed E-state index contributed by atoms with van der Waals surface area (Å²) < 4.78 is 0. The Morgan fingerprint density at radius 2 is 1.72 bits per heavy atom. The second-order valence-corrected chi connectivity index (χ2v) is 7.52. The van der Waals surface area contributed by atoms with Crippen molar-refractivity contribution in [1.82, 2.24) is 15.5 Å². The van der Waals surface area contributed by atoms with Crippen LogP contribution in [0, 0.1) is 0 Å². The molecule has 0 aromatic rings. The molecule has 1 unspecified atom stereocenters. The summed E-state index contributed by atoms with van der Waals surface area (Å²) in [5.41, 5.74) is 5.78. The molecule has 2 rings (SSSR count). The molecule has 1 heterocycles. The minimum absolute atomic E-state index is 0.0397. The van der Waals surface area contributed by atoms with Gasteiger partial charge in [-0.25, -0.2) is 4.79 Å². The molecule has 1 aliphatic carbocycles. The van der Waals surface area contributed by atoms with Crippen LogP contribution in [0.2, 0.25) is 0 Å². The zero-order valence-electron chi connectivity index (χ0n) is 15.6. The van der Waals surface area contributed by atoms with Crippen molar-refractivity contribution in [2.24, 2.45) is 5.73 Å². The lowest BCUT2D eigenvalue weighted by atomic mass is 9.96. The van der Waals surface area contributed by atoms with Gasteiger partial charge in [-0.1, -0.05) is 25.7 Å². The number of carbonyl (C=O) groups is 2. The summed E-state index contributed by atoms with van der Waals surface area (Å²) >= 11 is 0. The van der Waals surface area contributed by atoms with Crippen molar-refractivity contribution in [2.75, 3.05) is 19.6 Å². The van der Waals surface area contributed by atoms with Gasteiger partial charge in [-0.15, -0.1) is 0 Å². The molecule has 2 aliphatic rings. The maximum Gasteiger partial charge on any atom is 0.315 e. The van der Waals surface area contributed by atoms with Gasteiger partial charge in [-0.05, 0) is 44.9 Å². The van der Waals surface area contributed by atoms with Gasteiger partial charge in [-0.2, -0.15) is 0 Å². The van der Waals surface area contributed by atoms with Crippen LogP contribution in [0.1, 0.15) is 77.0 Å². The van der Waals surface area contributed by atoms with Gasteiger partial charge >= 0.3 is 6.03 Å². The number of hydrogen-bond donors (Lipinski definition) is 3. The summed E-state index contributed by atoms with van der Waals surface area (Å²) in [4.78, 5) is 26.1. The number of rotatable bonds is 8. The molecule has 0 radical (unpaired) electrons. The third-order valence-electron chi connectivity index (χ3n) is 5.51. The molecule has 0 spiro atoms. The van der Waals surface area contributed by atoms with Gasteiger partial charge in [0.2, 0.25) is 5.91 Å². The number of carbonyl (C=O) groups excluding carboxylic acids is 2. The van der Waals surface area contributed by atoms with Crippen LogP contribution in [-0.2, 0) is 4.79 Å². The second-order valence-electron chi connectivity index (χ2n) is 7.52. The maximum absolute atomic E-state index is 12.3. The Balaban J connectivity index is 1.49. The van der Waals surface area contributed by atoms with Crippen molar-refractivity contribution in [3.8, 4) is 0 Å². The molecule has 4 N–H and O–H groups in total.